The third-order valence-electron chi connectivity index (χ3n) is 5.48. The van der Waals surface area contributed by atoms with E-state index in [9.17, 15) is 14.4 Å². The number of H-pyrrole nitrogens is 1. The molecule has 1 aromatic heterocycles. The summed E-state index contributed by atoms with van der Waals surface area (Å²) < 4.78 is 6.13. The number of hydrogen-bond donors (Lipinski definition) is 2. The fourth-order valence-electron chi connectivity index (χ4n) is 3.84. The number of ketones is 1. The number of anilines is 1. The molecule has 0 unspecified atom stereocenters. The van der Waals surface area contributed by atoms with E-state index < -0.39 is 11.2 Å². The summed E-state index contributed by atoms with van der Waals surface area (Å²) in [5.41, 5.74) is 5.81. The second kappa shape index (κ2) is 9.67. The van der Waals surface area contributed by atoms with E-state index >= 15 is 0 Å². The van der Waals surface area contributed by atoms with Crippen LogP contribution in [0.5, 0.6) is 0 Å². The molecule has 0 amide bonds. The number of piperidine rings is 1. The summed E-state index contributed by atoms with van der Waals surface area (Å²) >= 11 is 0. The van der Waals surface area contributed by atoms with Gasteiger partial charge >= 0.3 is 5.69 Å². The molecule has 0 radical (unpaired) electrons. The van der Waals surface area contributed by atoms with Gasteiger partial charge < -0.3 is 10.5 Å². The maximum absolute atomic E-state index is 12.8. The van der Waals surface area contributed by atoms with E-state index in [-0.39, 0.29) is 36.9 Å². The summed E-state index contributed by atoms with van der Waals surface area (Å²) in [5, 5.41) is 0. The summed E-state index contributed by atoms with van der Waals surface area (Å²) in [5.74, 6) is 0.129. The van der Waals surface area contributed by atoms with E-state index in [1.165, 1.54) is 17.2 Å². The molecule has 0 aliphatic carbocycles. The van der Waals surface area contributed by atoms with E-state index in [0.29, 0.717) is 5.92 Å². The summed E-state index contributed by atoms with van der Waals surface area (Å²) in [7, 11) is 1.50. The number of hydrogen-bond acceptors (Lipinski definition) is 6. The molecule has 0 bridgehead atoms. The highest BCUT2D eigenvalue weighted by atomic mass is 16.5. The van der Waals surface area contributed by atoms with Crippen LogP contribution < -0.4 is 17.0 Å². The van der Waals surface area contributed by atoms with Crippen molar-refractivity contribution in [3.05, 3.63) is 62.3 Å². The molecule has 1 fully saturated rings. The van der Waals surface area contributed by atoms with E-state index in [0.717, 1.165) is 32.4 Å². The lowest BCUT2D eigenvalue weighted by Gasteiger charge is -2.31. The molecule has 3 N–H and O–H groups in total. The minimum Gasteiger partial charge on any atom is -0.384 e. The quantitative estimate of drug-likeness (QED) is 0.637. The highest BCUT2D eigenvalue weighted by molar-refractivity contribution is 6.01. The Morgan fingerprint density at radius 3 is 2.55 bits per heavy atom. The lowest BCUT2D eigenvalue weighted by molar-refractivity contribution is 0.0894. The zero-order valence-electron chi connectivity index (χ0n) is 16.7. The Morgan fingerprint density at radius 1 is 1.21 bits per heavy atom. The first kappa shape index (κ1) is 21.0. The molecule has 0 saturated carbocycles. The van der Waals surface area contributed by atoms with Gasteiger partial charge in [0.25, 0.3) is 5.56 Å². The number of methoxy groups -OCH3 is 1. The molecule has 8 heteroatoms. The van der Waals surface area contributed by atoms with Crippen molar-refractivity contribution in [2.45, 2.75) is 25.8 Å². The first-order chi connectivity index (χ1) is 14.0. The molecule has 1 aromatic carbocycles. The third-order valence-corrected chi connectivity index (χ3v) is 5.48. The molecule has 3 rings (SSSR count). The van der Waals surface area contributed by atoms with Crippen LogP contribution in [0.4, 0.5) is 5.82 Å². The number of nitrogens with two attached hydrogens (primary N) is 1. The zero-order valence-corrected chi connectivity index (χ0v) is 16.7. The first-order valence-corrected chi connectivity index (χ1v) is 9.90. The third kappa shape index (κ3) is 5.21. The Balaban J connectivity index is 1.62. The van der Waals surface area contributed by atoms with Crippen molar-refractivity contribution in [2.75, 3.05) is 39.1 Å². The molecular formula is C21H28N4O4. The van der Waals surface area contributed by atoms with Crippen molar-refractivity contribution in [1.29, 1.82) is 0 Å². The van der Waals surface area contributed by atoms with Gasteiger partial charge in [-0.3, -0.25) is 24.0 Å². The molecule has 1 aliphatic rings. The van der Waals surface area contributed by atoms with Crippen molar-refractivity contribution >= 4 is 11.6 Å². The SMILES string of the molecule is COCCn1c(N)c(C(=O)CN2CCC(Cc3ccccc3)CC2)c(=O)[nH]c1=O. The first-order valence-electron chi connectivity index (χ1n) is 9.90. The smallest absolute Gasteiger partial charge is 0.330 e. The topological polar surface area (TPSA) is 110 Å². The van der Waals surface area contributed by atoms with Crippen LogP contribution >= 0.6 is 0 Å². The molecular weight excluding hydrogens is 372 g/mol. The molecule has 1 saturated heterocycles. The number of nitrogens with one attached hydrogen (secondary N) is 1. The van der Waals surface area contributed by atoms with Crippen molar-refractivity contribution in [1.82, 2.24) is 14.5 Å². The molecule has 2 heterocycles. The highest BCUT2D eigenvalue weighted by Crippen LogP contribution is 2.22. The Bertz CT molecular complexity index is 943. The summed E-state index contributed by atoms with van der Waals surface area (Å²) in [4.78, 5) is 41.2. The summed E-state index contributed by atoms with van der Waals surface area (Å²) in [6.07, 6.45) is 3.04. The second-order valence-electron chi connectivity index (χ2n) is 7.50. The normalized spacial score (nSPS) is 15.5. The molecule has 2 aromatic rings. The van der Waals surface area contributed by atoms with Crippen LogP contribution in [0.15, 0.2) is 39.9 Å². The van der Waals surface area contributed by atoms with Gasteiger partial charge in [-0.05, 0) is 43.8 Å². The van der Waals surface area contributed by atoms with Crippen LogP contribution in [0.25, 0.3) is 0 Å². The zero-order chi connectivity index (χ0) is 20.8. The molecule has 0 atom stereocenters. The Kier molecular flexibility index (Phi) is 7.00. The maximum atomic E-state index is 12.8. The highest BCUT2D eigenvalue weighted by Gasteiger charge is 2.25. The van der Waals surface area contributed by atoms with Crippen LogP contribution in [0.2, 0.25) is 0 Å². The number of aromatic amines is 1. The Morgan fingerprint density at radius 2 is 1.90 bits per heavy atom. The van der Waals surface area contributed by atoms with E-state index in [4.69, 9.17) is 10.5 Å². The number of ether oxygens (including phenoxy) is 1. The predicted molar refractivity (Wildman–Crippen MR) is 111 cm³/mol. The average Bonchev–Trinajstić information content (AvgIpc) is 2.70. The molecule has 0 spiro atoms. The monoisotopic (exact) mass is 400 g/mol. The number of nitrogen functional groups attached to an aromatic ring is 1. The van der Waals surface area contributed by atoms with Gasteiger partial charge in [0.05, 0.1) is 19.7 Å². The van der Waals surface area contributed by atoms with Crippen LogP contribution in [-0.2, 0) is 17.7 Å². The van der Waals surface area contributed by atoms with Crippen LogP contribution in [-0.4, -0.2) is 53.6 Å². The average molecular weight is 400 g/mol. The van der Waals surface area contributed by atoms with Gasteiger partial charge in [-0.15, -0.1) is 0 Å². The fraction of sp³-hybridized carbons (Fsp3) is 0.476. The number of rotatable bonds is 8. The van der Waals surface area contributed by atoms with Gasteiger partial charge in [-0.2, -0.15) is 0 Å². The van der Waals surface area contributed by atoms with Crippen molar-refractivity contribution in [3.8, 4) is 0 Å². The molecule has 29 heavy (non-hydrogen) atoms. The number of benzene rings is 1. The minimum atomic E-state index is -0.731. The van der Waals surface area contributed by atoms with Gasteiger partial charge in [0.15, 0.2) is 5.78 Å². The number of aromatic nitrogens is 2. The van der Waals surface area contributed by atoms with Crippen molar-refractivity contribution in [3.63, 3.8) is 0 Å². The summed E-state index contributed by atoms with van der Waals surface area (Å²) in [6.45, 7) is 2.13. The van der Waals surface area contributed by atoms with Gasteiger partial charge in [-0.1, -0.05) is 30.3 Å². The summed E-state index contributed by atoms with van der Waals surface area (Å²) in [6, 6.07) is 10.4. The largest absolute Gasteiger partial charge is 0.384 e. The number of likely N-dealkylation sites (tertiary alicyclic amines) is 1. The number of carbonyl (C=O) groups is 1. The lowest BCUT2D eigenvalue weighted by atomic mass is 9.90. The fourth-order valence-corrected chi connectivity index (χ4v) is 3.84. The lowest BCUT2D eigenvalue weighted by Crippen LogP contribution is -2.41. The van der Waals surface area contributed by atoms with Gasteiger partial charge in [-0.25, -0.2) is 4.79 Å². The minimum absolute atomic E-state index is 0.0974. The Hall–Kier alpha value is -2.71. The molecule has 8 nitrogen and oxygen atoms in total. The standard InChI is InChI=1S/C21H28N4O4/c1-29-12-11-25-19(22)18(20(27)23-21(25)28)17(26)14-24-9-7-16(8-10-24)13-15-5-3-2-4-6-15/h2-6,16H,7-14,22H2,1H3,(H,23,27,28). The van der Waals surface area contributed by atoms with E-state index in [2.05, 4.69) is 29.2 Å². The van der Waals surface area contributed by atoms with E-state index in [1.807, 2.05) is 11.0 Å². The van der Waals surface area contributed by atoms with Crippen LogP contribution in [0.1, 0.15) is 28.8 Å². The van der Waals surface area contributed by atoms with Crippen molar-refractivity contribution in [2.24, 2.45) is 5.92 Å². The van der Waals surface area contributed by atoms with E-state index in [1.54, 1.807) is 0 Å². The van der Waals surface area contributed by atoms with Gasteiger partial charge in [0, 0.05) is 7.11 Å². The molecule has 156 valence electrons. The Labute approximate surface area is 169 Å². The van der Waals surface area contributed by atoms with Crippen LogP contribution in [0.3, 0.4) is 0 Å². The van der Waals surface area contributed by atoms with Gasteiger partial charge in [0.2, 0.25) is 0 Å². The van der Waals surface area contributed by atoms with Crippen molar-refractivity contribution < 1.29 is 9.53 Å². The number of Topliss-reactive ketones (excluding diaryl/α,β-unsaturated/α-hetero) is 1. The molecule has 1 aliphatic heterocycles. The maximum Gasteiger partial charge on any atom is 0.330 e. The van der Waals surface area contributed by atoms with Gasteiger partial charge in [0.1, 0.15) is 11.4 Å². The second-order valence-corrected chi connectivity index (χ2v) is 7.50. The number of carbonyl (C=O) groups excluding carboxylic acids is 1. The number of nitrogens with zero attached hydrogens (tertiary/aromatic N) is 2. The predicted octanol–water partition coefficient (Wildman–Crippen LogP) is 0.903. The van der Waals surface area contributed by atoms with Crippen LogP contribution in [0, 0.1) is 5.92 Å².